The molecule has 0 radical (unpaired) electrons. The van der Waals surface area contributed by atoms with Gasteiger partial charge in [0, 0.05) is 13.5 Å². The number of nitrogens with zero attached hydrogens (tertiary/aromatic N) is 1. The average molecular weight is 659 g/mol. The second-order valence-electron chi connectivity index (χ2n) is 12.2. The Balaban J connectivity index is 1.54. The molecule has 11 nitrogen and oxygen atoms in total. The summed E-state index contributed by atoms with van der Waals surface area (Å²) < 4.78 is 17.1. The zero-order valence-corrected chi connectivity index (χ0v) is 28.1. The molecule has 4 amide bonds. The fraction of sp³-hybridized carbons (Fsp3) is 0.405. The van der Waals surface area contributed by atoms with Gasteiger partial charge in [-0.15, -0.1) is 0 Å². The molecule has 3 N–H and O–H groups in total. The summed E-state index contributed by atoms with van der Waals surface area (Å²) in [5.41, 5.74) is 1.25. The molecule has 3 aromatic rings. The molecule has 0 saturated heterocycles. The maximum atomic E-state index is 13.9. The number of benzene rings is 3. The van der Waals surface area contributed by atoms with Crippen molar-refractivity contribution < 1.29 is 33.4 Å². The molecule has 0 aliphatic carbocycles. The quantitative estimate of drug-likeness (QED) is 0.283. The predicted molar refractivity (Wildman–Crippen MR) is 182 cm³/mol. The highest BCUT2D eigenvalue weighted by Gasteiger charge is 2.31. The molecule has 3 aromatic carbocycles. The van der Waals surface area contributed by atoms with Crippen molar-refractivity contribution in [3.8, 4) is 17.2 Å². The number of amides is 4. The van der Waals surface area contributed by atoms with Crippen molar-refractivity contribution in [2.75, 3.05) is 33.9 Å². The van der Waals surface area contributed by atoms with Gasteiger partial charge in [-0.25, -0.2) is 0 Å². The van der Waals surface area contributed by atoms with Crippen LogP contribution in [0.5, 0.6) is 17.2 Å². The second-order valence-corrected chi connectivity index (χ2v) is 12.2. The van der Waals surface area contributed by atoms with E-state index in [2.05, 4.69) is 16.0 Å². The smallest absolute Gasteiger partial charge is 0.255 e. The van der Waals surface area contributed by atoms with Crippen LogP contribution in [0.25, 0.3) is 0 Å². The van der Waals surface area contributed by atoms with E-state index >= 15 is 0 Å². The third kappa shape index (κ3) is 10.5. The van der Waals surface area contributed by atoms with Crippen molar-refractivity contribution >= 4 is 23.6 Å². The van der Waals surface area contributed by atoms with Gasteiger partial charge in [0.25, 0.3) is 5.91 Å². The molecule has 0 bridgehead atoms. The highest BCUT2D eigenvalue weighted by atomic mass is 16.5. The lowest BCUT2D eigenvalue weighted by molar-refractivity contribution is -0.138. The molecule has 256 valence electrons. The lowest BCUT2D eigenvalue weighted by atomic mass is 10.00. The maximum Gasteiger partial charge on any atom is 0.255 e. The lowest BCUT2D eigenvalue weighted by Gasteiger charge is -2.32. The van der Waals surface area contributed by atoms with E-state index < -0.39 is 29.9 Å². The van der Waals surface area contributed by atoms with Crippen LogP contribution in [-0.4, -0.2) is 80.6 Å². The van der Waals surface area contributed by atoms with Crippen LogP contribution in [0.1, 0.15) is 49.0 Å². The molecule has 0 fully saturated rings. The molecule has 0 saturated carbocycles. The average Bonchev–Trinajstić information content (AvgIpc) is 3.09. The third-order valence-electron chi connectivity index (χ3n) is 8.12. The van der Waals surface area contributed by atoms with Crippen LogP contribution in [0.15, 0.2) is 78.9 Å². The summed E-state index contributed by atoms with van der Waals surface area (Å²) in [6.07, 6.45) is 0.869. The van der Waals surface area contributed by atoms with Gasteiger partial charge >= 0.3 is 0 Å². The van der Waals surface area contributed by atoms with Gasteiger partial charge in [0.05, 0.1) is 25.3 Å². The summed E-state index contributed by atoms with van der Waals surface area (Å²) in [7, 11) is 3.30. The normalized spacial score (nSPS) is 19.1. The SMILES string of the molecule is COc1ccc(OCCNC(=O)[C@@H]2CCC(=O)N[C@@H](CC(C)C)C(=O)N(C)[C@H](Cc3ccccc3)COc3ccccc3C(=O)N2)cc1. The summed E-state index contributed by atoms with van der Waals surface area (Å²) in [5, 5.41) is 8.51. The van der Waals surface area contributed by atoms with Crippen molar-refractivity contribution in [2.24, 2.45) is 5.92 Å². The molecule has 11 heteroatoms. The largest absolute Gasteiger partial charge is 0.497 e. The van der Waals surface area contributed by atoms with Crippen LogP contribution in [0.2, 0.25) is 0 Å². The van der Waals surface area contributed by atoms with Gasteiger partial charge in [-0.2, -0.15) is 0 Å². The highest BCUT2D eigenvalue weighted by molar-refractivity contribution is 5.99. The molecular formula is C37H46N4O7. The zero-order chi connectivity index (χ0) is 34.5. The van der Waals surface area contributed by atoms with Crippen molar-refractivity contribution in [2.45, 2.75) is 57.7 Å². The van der Waals surface area contributed by atoms with Gasteiger partial charge in [0.15, 0.2) is 0 Å². The van der Waals surface area contributed by atoms with E-state index in [1.165, 1.54) is 0 Å². The molecule has 1 aliphatic heterocycles. The Labute approximate surface area is 282 Å². The van der Waals surface area contributed by atoms with Crippen LogP contribution < -0.4 is 30.2 Å². The highest BCUT2D eigenvalue weighted by Crippen LogP contribution is 2.21. The summed E-state index contributed by atoms with van der Waals surface area (Å²) in [4.78, 5) is 55.8. The molecule has 1 aliphatic rings. The minimum absolute atomic E-state index is 0.0147. The van der Waals surface area contributed by atoms with Crippen LogP contribution >= 0.6 is 0 Å². The minimum atomic E-state index is -1.03. The summed E-state index contributed by atoms with van der Waals surface area (Å²) in [6, 6.07) is 21.4. The first kappa shape index (κ1) is 35.8. The molecule has 3 atom stereocenters. The zero-order valence-electron chi connectivity index (χ0n) is 28.1. The number of hydrogen-bond acceptors (Lipinski definition) is 7. The van der Waals surface area contributed by atoms with Crippen molar-refractivity contribution in [3.63, 3.8) is 0 Å². The van der Waals surface area contributed by atoms with Crippen LogP contribution in [-0.2, 0) is 20.8 Å². The van der Waals surface area contributed by atoms with Gasteiger partial charge in [-0.1, -0.05) is 56.3 Å². The van der Waals surface area contributed by atoms with E-state index in [1.807, 2.05) is 44.2 Å². The van der Waals surface area contributed by atoms with Crippen molar-refractivity contribution in [1.82, 2.24) is 20.9 Å². The third-order valence-corrected chi connectivity index (χ3v) is 8.12. The van der Waals surface area contributed by atoms with Crippen LogP contribution in [0, 0.1) is 5.92 Å². The van der Waals surface area contributed by atoms with E-state index in [-0.39, 0.29) is 55.9 Å². The Hall–Kier alpha value is -5.06. The summed E-state index contributed by atoms with van der Waals surface area (Å²) in [6.45, 7) is 4.44. The number of ether oxygens (including phenoxy) is 3. The standard InChI is InChI=1S/C37H46N4O7/c1-25(2)22-32-37(45)41(3)27(23-26-10-6-5-7-11-26)24-48-33-13-9-8-12-30(33)35(43)40-31(18-19-34(42)39-32)36(44)38-20-21-47-29-16-14-28(46-4)15-17-29/h5-17,25,27,31-32H,18-24H2,1-4H3,(H,38,44)(H,39,42)(H,40,43)/t27-,31+,32+/m1/s1. The number of carbonyl (C=O) groups is 4. The molecular weight excluding hydrogens is 612 g/mol. The van der Waals surface area contributed by atoms with Crippen LogP contribution in [0.3, 0.4) is 0 Å². The first-order valence-corrected chi connectivity index (χ1v) is 16.3. The van der Waals surface area contributed by atoms with Gasteiger partial charge in [0.2, 0.25) is 17.7 Å². The number of rotatable bonds is 10. The van der Waals surface area contributed by atoms with E-state index in [9.17, 15) is 19.2 Å². The van der Waals surface area contributed by atoms with Crippen LogP contribution in [0.4, 0.5) is 0 Å². The maximum absolute atomic E-state index is 13.9. The summed E-state index contributed by atoms with van der Waals surface area (Å²) in [5.74, 6) is 0.168. The number of nitrogens with one attached hydrogen (secondary N) is 3. The number of fused-ring (bicyclic) bond motifs is 1. The predicted octanol–water partition coefficient (Wildman–Crippen LogP) is 3.76. The number of hydrogen-bond donors (Lipinski definition) is 3. The Kier molecular flexibility index (Phi) is 13.2. The number of methoxy groups -OCH3 is 1. The molecule has 0 aromatic heterocycles. The Morgan fingerprint density at radius 2 is 1.65 bits per heavy atom. The Morgan fingerprint density at radius 3 is 2.35 bits per heavy atom. The summed E-state index contributed by atoms with van der Waals surface area (Å²) >= 11 is 0. The molecule has 48 heavy (non-hydrogen) atoms. The van der Waals surface area contributed by atoms with Crippen molar-refractivity contribution in [3.05, 3.63) is 90.0 Å². The minimum Gasteiger partial charge on any atom is -0.497 e. The fourth-order valence-corrected chi connectivity index (χ4v) is 5.46. The number of carbonyl (C=O) groups excluding carboxylic acids is 4. The number of likely N-dealkylation sites (N-methyl/N-ethyl adjacent to an activating group) is 1. The van der Waals surface area contributed by atoms with Gasteiger partial charge in [-0.05, 0) is 67.1 Å². The topological polar surface area (TPSA) is 135 Å². The monoisotopic (exact) mass is 658 g/mol. The van der Waals surface area contributed by atoms with E-state index in [4.69, 9.17) is 14.2 Å². The molecule has 4 rings (SSSR count). The molecule has 0 spiro atoms. The second kappa shape index (κ2) is 17.7. The van der Waals surface area contributed by atoms with Gasteiger partial charge in [-0.3, -0.25) is 19.2 Å². The fourth-order valence-electron chi connectivity index (χ4n) is 5.46. The Bertz CT molecular complexity index is 1510. The number of para-hydroxylation sites is 1. The van der Waals surface area contributed by atoms with Crippen molar-refractivity contribution in [1.29, 1.82) is 0 Å². The van der Waals surface area contributed by atoms with Gasteiger partial charge < -0.3 is 35.1 Å². The molecule has 0 unspecified atom stereocenters. The molecule has 1 heterocycles. The van der Waals surface area contributed by atoms with E-state index in [1.54, 1.807) is 67.6 Å². The lowest BCUT2D eigenvalue weighted by Crippen LogP contribution is -2.53. The first-order chi connectivity index (χ1) is 23.1. The van der Waals surface area contributed by atoms with Gasteiger partial charge in [0.1, 0.15) is 42.5 Å². The van der Waals surface area contributed by atoms with E-state index in [0.717, 1.165) is 5.56 Å². The first-order valence-electron chi connectivity index (χ1n) is 16.3. The Morgan fingerprint density at radius 1 is 0.958 bits per heavy atom. The van der Waals surface area contributed by atoms with E-state index in [0.29, 0.717) is 30.1 Å².